The average Bonchev–Trinajstić information content (AvgIpc) is 2.70. The topological polar surface area (TPSA) is 52.6 Å². The number of ether oxygens (including phenoxy) is 2. The van der Waals surface area contributed by atoms with Gasteiger partial charge in [-0.3, -0.25) is 9.59 Å². The molecular formula is C14H22O4. The minimum absolute atomic E-state index is 0.0535. The van der Waals surface area contributed by atoms with E-state index < -0.39 is 0 Å². The number of Topliss-reactive ketones (excluding diaryl/α,β-unsaturated/α-hetero) is 1. The molecule has 4 heteroatoms. The zero-order chi connectivity index (χ0) is 13.5. The number of allylic oxidation sites excluding steroid dienone is 1. The van der Waals surface area contributed by atoms with Crippen LogP contribution in [0, 0.1) is 11.8 Å². The fraction of sp³-hybridized carbons (Fsp3) is 0.714. The van der Waals surface area contributed by atoms with E-state index in [9.17, 15) is 9.59 Å². The van der Waals surface area contributed by atoms with E-state index in [0.29, 0.717) is 19.3 Å². The third-order valence-electron chi connectivity index (χ3n) is 3.60. The van der Waals surface area contributed by atoms with Crippen molar-refractivity contribution in [3.05, 3.63) is 12.2 Å². The van der Waals surface area contributed by atoms with E-state index >= 15 is 0 Å². The summed E-state index contributed by atoms with van der Waals surface area (Å²) in [6.45, 7) is 1.93. The second kappa shape index (κ2) is 7.31. The maximum absolute atomic E-state index is 11.9. The molecule has 1 aliphatic rings. The molecule has 1 aliphatic carbocycles. The average molecular weight is 254 g/mol. The molecule has 0 aromatic heterocycles. The van der Waals surface area contributed by atoms with Gasteiger partial charge in [0, 0.05) is 25.9 Å². The molecule has 3 atom stereocenters. The highest BCUT2D eigenvalue weighted by atomic mass is 16.5. The molecule has 0 aromatic carbocycles. The maximum Gasteiger partial charge on any atom is 0.305 e. The van der Waals surface area contributed by atoms with Crippen LogP contribution in [0.3, 0.4) is 0 Å². The minimum Gasteiger partial charge on any atom is -0.469 e. The second-order valence-corrected chi connectivity index (χ2v) is 4.69. The molecule has 0 aliphatic heterocycles. The zero-order valence-electron chi connectivity index (χ0n) is 11.3. The van der Waals surface area contributed by atoms with Crippen LogP contribution in [0.1, 0.15) is 32.6 Å². The number of esters is 1. The van der Waals surface area contributed by atoms with Gasteiger partial charge in [-0.2, -0.15) is 0 Å². The van der Waals surface area contributed by atoms with Crippen LogP contribution in [-0.4, -0.2) is 32.1 Å². The molecule has 0 aromatic rings. The Kier molecular flexibility index (Phi) is 6.05. The molecule has 4 nitrogen and oxygen atoms in total. The van der Waals surface area contributed by atoms with Crippen molar-refractivity contribution in [2.75, 3.05) is 14.2 Å². The molecule has 18 heavy (non-hydrogen) atoms. The fourth-order valence-electron chi connectivity index (χ4n) is 2.56. The van der Waals surface area contributed by atoms with E-state index in [1.165, 1.54) is 7.11 Å². The van der Waals surface area contributed by atoms with Gasteiger partial charge in [-0.15, -0.1) is 0 Å². The Morgan fingerprint density at radius 3 is 2.78 bits per heavy atom. The SMILES string of the molecule is C/C=C/C(C[C@H]1C(=O)CC[C@@H]1CC(=O)OC)OC. The first-order chi connectivity index (χ1) is 8.62. The van der Waals surface area contributed by atoms with Crippen LogP contribution in [0.15, 0.2) is 12.2 Å². The standard InChI is InChI=1S/C14H22O4/c1-4-5-11(17-2)9-12-10(6-7-13(12)15)8-14(16)18-3/h4-5,10-12H,6-9H2,1-3H3/b5-4+/t10-,11?,12-/m1/s1. The van der Waals surface area contributed by atoms with E-state index in [4.69, 9.17) is 4.74 Å². The van der Waals surface area contributed by atoms with Gasteiger partial charge >= 0.3 is 5.97 Å². The summed E-state index contributed by atoms with van der Waals surface area (Å²) < 4.78 is 10.0. The molecule has 1 fully saturated rings. The summed E-state index contributed by atoms with van der Waals surface area (Å²) in [7, 11) is 3.02. The van der Waals surface area contributed by atoms with Gasteiger partial charge in [0.15, 0.2) is 0 Å². The Morgan fingerprint density at radius 2 is 2.22 bits per heavy atom. The van der Waals surface area contributed by atoms with Gasteiger partial charge in [0.05, 0.1) is 13.2 Å². The van der Waals surface area contributed by atoms with E-state index in [1.807, 2.05) is 19.1 Å². The quantitative estimate of drug-likeness (QED) is 0.538. The highest BCUT2D eigenvalue weighted by Crippen LogP contribution is 2.35. The van der Waals surface area contributed by atoms with Crippen molar-refractivity contribution >= 4 is 11.8 Å². The number of hydrogen-bond donors (Lipinski definition) is 0. The molecule has 0 saturated heterocycles. The van der Waals surface area contributed by atoms with Crippen LogP contribution in [0.4, 0.5) is 0 Å². The predicted octanol–water partition coefficient (Wildman–Crippen LogP) is 2.13. The number of carbonyl (C=O) groups excluding carboxylic acids is 2. The van der Waals surface area contributed by atoms with Crippen LogP contribution in [0.2, 0.25) is 0 Å². The summed E-state index contributed by atoms with van der Waals surface area (Å²) in [6.07, 6.45) is 6.15. The second-order valence-electron chi connectivity index (χ2n) is 4.69. The highest BCUT2D eigenvalue weighted by molar-refractivity contribution is 5.84. The summed E-state index contributed by atoms with van der Waals surface area (Å²) in [4.78, 5) is 23.2. The molecule has 0 bridgehead atoms. The van der Waals surface area contributed by atoms with Crippen molar-refractivity contribution in [2.45, 2.75) is 38.7 Å². The first-order valence-electron chi connectivity index (χ1n) is 6.37. The van der Waals surface area contributed by atoms with Gasteiger partial charge in [0.25, 0.3) is 0 Å². The number of ketones is 1. The third-order valence-corrected chi connectivity index (χ3v) is 3.60. The highest BCUT2D eigenvalue weighted by Gasteiger charge is 2.37. The largest absolute Gasteiger partial charge is 0.469 e. The molecule has 1 rings (SSSR count). The smallest absolute Gasteiger partial charge is 0.305 e. The molecule has 0 amide bonds. The molecule has 102 valence electrons. The summed E-state index contributed by atoms with van der Waals surface area (Å²) in [5.74, 6) is 0.0354. The van der Waals surface area contributed by atoms with Crippen LogP contribution in [0.25, 0.3) is 0 Å². The van der Waals surface area contributed by atoms with E-state index in [2.05, 4.69) is 4.74 Å². The summed E-state index contributed by atoms with van der Waals surface area (Å²) >= 11 is 0. The zero-order valence-corrected chi connectivity index (χ0v) is 11.3. The minimum atomic E-state index is -0.236. The van der Waals surface area contributed by atoms with Crippen LogP contribution in [0.5, 0.6) is 0 Å². The third kappa shape index (κ3) is 3.95. The summed E-state index contributed by atoms with van der Waals surface area (Å²) in [5.41, 5.74) is 0. The molecule has 0 heterocycles. The summed E-state index contributed by atoms with van der Waals surface area (Å²) in [6, 6.07) is 0. The Morgan fingerprint density at radius 1 is 1.50 bits per heavy atom. The van der Waals surface area contributed by atoms with E-state index in [0.717, 1.165) is 6.42 Å². The lowest BCUT2D eigenvalue weighted by atomic mass is 9.87. The fourth-order valence-corrected chi connectivity index (χ4v) is 2.56. The lowest BCUT2D eigenvalue weighted by Crippen LogP contribution is -2.24. The van der Waals surface area contributed by atoms with Gasteiger partial charge in [0.2, 0.25) is 0 Å². The van der Waals surface area contributed by atoms with Crippen LogP contribution >= 0.6 is 0 Å². The van der Waals surface area contributed by atoms with Gasteiger partial charge in [-0.05, 0) is 25.7 Å². The first kappa shape index (κ1) is 14.9. The van der Waals surface area contributed by atoms with Crippen molar-refractivity contribution in [1.29, 1.82) is 0 Å². The van der Waals surface area contributed by atoms with Gasteiger partial charge in [0.1, 0.15) is 5.78 Å². The molecule has 0 radical (unpaired) electrons. The Balaban J connectivity index is 2.63. The van der Waals surface area contributed by atoms with Gasteiger partial charge < -0.3 is 9.47 Å². The number of methoxy groups -OCH3 is 2. The van der Waals surface area contributed by atoms with Crippen LogP contribution < -0.4 is 0 Å². The van der Waals surface area contributed by atoms with Crippen LogP contribution in [-0.2, 0) is 19.1 Å². The molecular weight excluding hydrogens is 232 g/mol. The van der Waals surface area contributed by atoms with Crippen molar-refractivity contribution in [3.63, 3.8) is 0 Å². The first-order valence-corrected chi connectivity index (χ1v) is 6.37. The monoisotopic (exact) mass is 254 g/mol. The molecule has 0 spiro atoms. The Bertz CT molecular complexity index is 322. The number of rotatable bonds is 6. The molecule has 0 N–H and O–H groups in total. The van der Waals surface area contributed by atoms with Crippen molar-refractivity contribution in [2.24, 2.45) is 11.8 Å². The van der Waals surface area contributed by atoms with Gasteiger partial charge in [-0.1, -0.05) is 12.2 Å². The van der Waals surface area contributed by atoms with Gasteiger partial charge in [-0.25, -0.2) is 0 Å². The van der Waals surface area contributed by atoms with Crippen molar-refractivity contribution in [1.82, 2.24) is 0 Å². The number of hydrogen-bond acceptors (Lipinski definition) is 4. The normalized spacial score (nSPS) is 25.6. The summed E-state index contributed by atoms with van der Waals surface area (Å²) in [5, 5.41) is 0. The van der Waals surface area contributed by atoms with E-state index in [1.54, 1.807) is 7.11 Å². The Labute approximate surface area is 108 Å². The predicted molar refractivity (Wildman–Crippen MR) is 68.1 cm³/mol. The lowest BCUT2D eigenvalue weighted by molar-refractivity contribution is -0.142. The lowest BCUT2D eigenvalue weighted by Gasteiger charge is -2.20. The molecule has 1 unspecified atom stereocenters. The maximum atomic E-state index is 11.9. The Hall–Kier alpha value is -1.16. The van der Waals surface area contributed by atoms with Crippen molar-refractivity contribution < 1.29 is 19.1 Å². The number of carbonyl (C=O) groups is 2. The molecule has 1 saturated carbocycles. The van der Waals surface area contributed by atoms with Crippen molar-refractivity contribution in [3.8, 4) is 0 Å². The van der Waals surface area contributed by atoms with E-state index in [-0.39, 0.29) is 29.7 Å².